The third kappa shape index (κ3) is 14.4. The molecular formula is C25H42BNO3. The maximum atomic E-state index is 11.9. The molecule has 1 aromatic carbocycles. The highest BCUT2D eigenvalue weighted by Gasteiger charge is 2.09. The van der Waals surface area contributed by atoms with Crippen LogP contribution in [0.2, 0.25) is 0 Å². The monoisotopic (exact) mass is 415 g/mol. The maximum Gasteiger partial charge on any atom is 0.488 e. The molecule has 0 aromatic heterocycles. The zero-order valence-electron chi connectivity index (χ0n) is 19.0. The molecule has 0 aliphatic heterocycles. The van der Waals surface area contributed by atoms with Crippen molar-refractivity contribution < 1.29 is 14.8 Å². The molecule has 0 atom stereocenters. The number of amides is 1. The molecule has 0 aliphatic carbocycles. The van der Waals surface area contributed by atoms with Gasteiger partial charge in [-0.1, -0.05) is 94.7 Å². The lowest BCUT2D eigenvalue weighted by Crippen LogP contribution is -2.29. The van der Waals surface area contributed by atoms with Gasteiger partial charge in [0, 0.05) is 13.0 Å². The van der Waals surface area contributed by atoms with Gasteiger partial charge in [0.2, 0.25) is 5.91 Å². The third-order valence-corrected chi connectivity index (χ3v) is 5.43. The second kappa shape index (κ2) is 18.2. The van der Waals surface area contributed by atoms with E-state index in [1.165, 1.54) is 70.6 Å². The van der Waals surface area contributed by atoms with E-state index < -0.39 is 7.12 Å². The number of carbonyl (C=O) groups excluding carboxylic acids is 1. The van der Waals surface area contributed by atoms with Crippen molar-refractivity contribution in [2.45, 2.75) is 103 Å². The van der Waals surface area contributed by atoms with Gasteiger partial charge in [-0.3, -0.25) is 4.79 Å². The van der Waals surface area contributed by atoms with E-state index in [0.717, 1.165) is 18.4 Å². The molecule has 30 heavy (non-hydrogen) atoms. The zero-order chi connectivity index (χ0) is 21.9. The molecule has 1 rings (SSSR count). The number of benzene rings is 1. The van der Waals surface area contributed by atoms with E-state index in [1.807, 2.05) is 0 Å². The van der Waals surface area contributed by atoms with Crippen LogP contribution in [0.5, 0.6) is 0 Å². The number of rotatable bonds is 18. The molecule has 0 radical (unpaired) electrons. The van der Waals surface area contributed by atoms with E-state index in [0.29, 0.717) is 18.4 Å². The van der Waals surface area contributed by atoms with E-state index in [4.69, 9.17) is 10.0 Å². The van der Waals surface area contributed by atoms with E-state index >= 15 is 0 Å². The van der Waals surface area contributed by atoms with Gasteiger partial charge < -0.3 is 15.4 Å². The Balaban J connectivity index is 1.90. The summed E-state index contributed by atoms with van der Waals surface area (Å²) in [5.41, 5.74) is 1.41. The van der Waals surface area contributed by atoms with Gasteiger partial charge in [-0.15, -0.1) is 0 Å². The average Bonchev–Trinajstić information content (AvgIpc) is 2.75. The maximum absolute atomic E-state index is 11.9. The SMILES string of the molecule is CCCCCCCC/C=C\CCCCCCCC(=O)NCc1ccc(B(O)O)cc1. The minimum atomic E-state index is -1.45. The Labute approximate surface area is 184 Å². The molecule has 5 heteroatoms. The summed E-state index contributed by atoms with van der Waals surface area (Å²) < 4.78 is 0. The molecule has 0 saturated carbocycles. The third-order valence-electron chi connectivity index (χ3n) is 5.43. The number of carbonyl (C=O) groups is 1. The van der Waals surface area contributed by atoms with Crippen LogP contribution in [0.1, 0.15) is 102 Å². The quantitative estimate of drug-likeness (QED) is 0.179. The van der Waals surface area contributed by atoms with E-state index in [9.17, 15) is 4.79 Å². The molecule has 0 bridgehead atoms. The van der Waals surface area contributed by atoms with Crippen molar-refractivity contribution >= 4 is 18.5 Å². The number of hydrogen-bond acceptors (Lipinski definition) is 3. The smallest absolute Gasteiger partial charge is 0.423 e. The number of hydrogen-bond donors (Lipinski definition) is 3. The molecular weight excluding hydrogens is 373 g/mol. The van der Waals surface area contributed by atoms with E-state index in [1.54, 1.807) is 24.3 Å². The standard InChI is InChI=1S/C25H42BNO3/c1-2-3-4-5-6-7-8-9-10-11-12-13-14-15-16-17-25(28)27-22-23-18-20-24(21-19-23)26(29)30/h9-10,18-21,29-30H,2-8,11-17,22H2,1H3,(H,27,28)/b10-9-. The second-order valence-electron chi connectivity index (χ2n) is 8.23. The summed E-state index contributed by atoms with van der Waals surface area (Å²) in [6.45, 7) is 2.74. The summed E-state index contributed by atoms with van der Waals surface area (Å²) in [7, 11) is -1.45. The second-order valence-corrected chi connectivity index (χ2v) is 8.23. The molecule has 0 saturated heterocycles. The summed E-state index contributed by atoms with van der Waals surface area (Å²) >= 11 is 0. The molecule has 1 aromatic rings. The van der Waals surface area contributed by atoms with Crippen molar-refractivity contribution in [3.05, 3.63) is 42.0 Å². The normalized spacial score (nSPS) is 11.2. The van der Waals surface area contributed by atoms with Gasteiger partial charge in [0.15, 0.2) is 0 Å². The van der Waals surface area contributed by atoms with Crippen LogP contribution in [0.4, 0.5) is 0 Å². The van der Waals surface area contributed by atoms with Crippen molar-refractivity contribution in [3.8, 4) is 0 Å². The lowest BCUT2D eigenvalue weighted by molar-refractivity contribution is -0.121. The van der Waals surface area contributed by atoms with Crippen molar-refractivity contribution in [1.29, 1.82) is 0 Å². The van der Waals surface area contributed by atoms with Gasteiger partial charge in [0.1, 0.15) is 0 Å². The topological polar surface area (TPSA) is 69.6 Å². The molecule has 1 amide bonds. The Hall–Kier alpha value is -1.59. The fraction of sp³-hybridized carbons (Fsp3) is 0.640. The summed E-state index contributed by atoms with van der Waals surface area (Å²) in [6.07, 6.45) is 21.6. The van der Waals surface area contributed by atoms with Crippen LogP contribution in [-0.4, -0.2) is 23.1 Å². The van der Waals surface area contributed by atoms with Crippen LogP contribution in [0.25, 0.3) is 0 Å². The van der Waals surface area contributed by atoms with Crippen molar-refractivity contribution in [2.75, 3.05) is 0 Å². The van der Waals surface area contributed by atoms with Crippen molar-refractivity contribution in [2.24, 2.45) is 0 Å². The van der Waals surface area contributed by atoms with Crippen LogP contribution in [-0.2, 0) is 11.3 Å². The highest BCUT2D eigenvalue weighted by Crippen LogP contribution is 2.10. The first-order valence-electron chi connectivity index (χ1n) is 12.0. The molecule has 3 N–H and O–H groups in total. The van der Waals surface area contributed by atoms with Crippen LogP contribution in [0, 0.1) is 0 Å². The van der Waals surface area contributed by atoms with Gasteiger partial charge >= 0.3 is 7.12 Å². The van der Waals surface area contributed by atoms with Gasteiger partial charge in [-0.2, -0.15) is 0 Å². The fourth-order valence-corrected chi connectivity index (χ4v) is 3.45. The molecule has 0 heterocycles. The van der Waals surface area contributed by atoms with Crippen molar-refractivity contribution in [3.63, 3.8) is 0 Å². The van der Waals surface area contributed by atoms with Crippen LogP contribution in [0.3, 0.4) is 0 Å². The molecule has 0 unspecified atom stereocenters. The minimum Gasteiger partial charge on any atom is -0.423 e. The first-order chi connectivity index (χ1) is 14.6. The Morgan fingerprint density at radius 2 is 1.37 bits per heavy atom. The van der Waals surface area contributed by atoms with Gasteiger partial charge in [-0.25, -0.2) is 0 Å². The lowest BCUT2D eigenvalue weighted by atomic mass is 9.80. The first kappa shape index (κ1) is 26.5. The molecule has 4 nitrogen and oxygen atoms in total. The van der Waals surface area contributed by atoms with Gasteiger partial charge in [0.25, 0.3) is 0 Å². The van der Waals surface area contributed by atoms with Crippen LogP contribution in [0.15, 0.2) is 36.4 Å². The Bertz CT molecular complexity index is 572. The predicted molar refractivity (Wildman–Crippen MR) is 128 cm³/mol. The van der Waals surface area contributed by atoms with Gasteiger partial charge in [-0.05, 0) is 43.1 Å². The molecule has 0 aliphatic rings. The minimum absolute atomic E-state index is 0.0823. The summed E-state index contributed by atoms with van der Waals surface area (Å²) in [4.78, 5) is 11.9. The molecule has 168 valence electrons. The summed E-state index contributed by atoms with van der Waals surface area (Å²) in [5, 5.41) is 21.1. The Morgan fingerprint density at radius 1 is 0.833 bits per heavy atom. The number of allylic oxidation sites excluding steroid dienone is 2. The zero-order valence-corrected chi connectivity index (χ0v) is 19.0. The largest absolute Gasteiger partial charge is 0.488 e. The number of unbranched alkanes of at least 4 members (excludes halogenated alkanes) is 11. The predicted octanol–water partition coefficient (Wildman–Crippen LogP) is 5.02. The average molecular weight is 415 g/mol. The Kier molecular flexibility index (Phi) is 16.1. The van der Waals surface area contributed by atoms with Crippen molar-refractivity contribution in [1.82, 2.24) is 5.32 Å². The number of nitrogens with one attached hydrogen (secondary N) is 1. The Morgan fingerprint density at radius 3 is 1.93 bits per heavy atom. The highest BCUT2D eigenvalue weighted by molar-refractivity contribution is 6.58. The van der Waals surface area contributed by atoms with E-state index in [2.05, 4.69) is 24.4 Å². The van der Waals surface area contributed by atoms with E-state index in [-0.39, 0.29) is 5.91 Å². The van der Waals surface area contributed by atoms with Crippen LogP contribution >= 0.6 is 0 Å². The summed E-state index contributed by atoms with van der Waals surface area (Å²) in [6, 6.07) is 6.93. The first-order valence-corrected chi connectivity index (χ1v) is 12.0. The summed E-state index contributed by atoms with van der Waals surface area (Å²) in [5.74, 6) is 0.0823. The molecule has 0 spiro atoms. The fourth-order valence-electron chi connectivity index (χ4n) is 3.45. The molecule has 0 fully saturated rings. The highest BCUT2D eigenvalue weighted by atomic mass is 16.4. The van der Waals surface area contributed by atoms with Crippen LogP contribution < -0.4 is 10.8 Å². The van der Waals surface area contributed by atoms with Gasteiger partial charge in [0.05, 0.1) is 0 Å². The lowest BCUT2D eigenvalue weighted by Gasteiger charge is -2.06.